The monoisotopic (exact) mass is 571 g/mol. The van der Waals surface area contributed by atoms with Crippen LogP contribution in [0, 0.1) is 5.41 Å². The number of benzene rings is 1. The van der Waals surface area contributed by atoms with Gasteiger partial charge in [0.05, 0.1) is 0 Å². The summed E-state index contributed by atoms with van der Waals surface area (Å²) in [4.78, 5) is 2.54. The summed E-state index contributed by atoms with van der Waals surface area (Å²) in [6.45, 7) is 12.4. The Kier molecular flexibility index (Phi) is 10.4. The molecular weight excluding hydrogens is 518 g/mol. The number of allylic oxidation sites excluding steroid dienone is 17. The van der Waals surface area contributed by atoms with Crippen molar-refractivity contribution >= 4 is 5.69 Å². The first-order valence-corrected chi connectivity index (χ1v) is 17.0. The summed E-state index contributed by atoms with van der Waals surface area (Å²) in [7, 11) is 0. The van der Waals surface area contributed by atoms with Gasteiger partial charge in [0, 0.05) is 17.9 Å². The SMILES string of the molecule is C/C=C\C(=C/CN(C1=CC=C(C2=C(C(C)(C)C)C=CCC2)CC1)c1ccccc1)C1=CC(C2=C(CC)CCCC2)=CCC1. The van der Waals surface area contributed by atoms with Gasteiger partial charge in [0.25, 0.3) is 0 Å². The zero-order valence-corrected chi connectivity index (χ0v) is 27.5. The molecule has 0 aromatic heterocycles. The van der Waals surface area contributed by atoms with E-state index in [0.29, 0.717) is 0 Å². The van der Waals surface area contributed by atoms with Crippen molar-refractivity contribution in [3.05, 3.63) is 135 Å². The quantitative estimate of drug-likeness (QED) is 0.266. The lowest BCUT2D eigenvalue weighted by molar-refractivity contribution is 0.506. The van der Waals surface area contributed by atoms with Gasteiger partial charge in [0.1, 0.15) is 0 Å². The van der Waals surface area contributed by atoms with E-state index in [-0.39, 0.29) is 5.41 Å². The molecule has 0 saturated heterocycles. The second kappa shape index (κ2) is 14.4. The molecule has 0 spiro atoms. The zero-order valence-electron chi connectivity index (χ0n) is 27.5. The van der Waals surface area contributed by atoms with Gasteiger partial charge in [0.15, 0.2) is 0 Å². The number of hydrogen-bond acceptors (Lipinski definition) is 1. The predicted octanol–water partition coefficient (Wildman–Crippen LogP) is 12.2. The highest BCUT2D eigenvalue weighted by atomic mass is 15.1. The fourth-order valence-electron chi connectivity index (χ4n) is 7.32. The third-order valence-corrected chi connectivity index (χ3v) is 9.58. The highest BCUT2D eigenvalue weighted by Crippen LogP contribution is 2.40. The fourth-order valence-corrected chi connectivity index (χ4v) is 7.32. The number of para-hydroxylation sites is 1. The van der Waals surface area contributed by atoms with E-state index in [1.54, 1.807) is 16.7 Å². The van der Waals surface area contributed by atoms with E-state index < -0.39 is 0 Å². The van der Waals surface area contributed by atoms with Crippen LogP contribution >= 0.6 is 0 Å². The Morgan fingerprint density at radius 3 is 2.42 bits per heavy atom. The highest BCUT2D eigenvalue weighted by Gasteiger charge is 2.24. The van der Waals surface area contributed by atoms with Crippen LogP contribution in [-0.4, -0.2) is 6.54 Å². The molecule has 43 heavy (non-hydrogen) atoms. The van der Waals surface area contributed by atoms with Gasteiger partial charge in [0.2, 0.25) is 0 Å². The van der Waals surface area contributed by atoms with Crippen LogP contribution in [0.4, 0.5) is 5.69 Å². The van der Waals surface area contributed by atoms with Crippen molar-refractivity contribution in [3.8, 4) is 0 Å². The average Bonchev–Trinajstić information content (AvgIpc) is 3.05. The lowest BCUT2D eigenvalue weighted by Crippen LogP contribution is -2.24. The largest absolute Gasteiger partial charge is 0.341 e. The molecule has 4 aliphatic carbocycles. The van der Waals surface area contributed by atoms with E-state index in [1.165, 1.54) is 71.4 Å². The molecule has 0 atom stereocenters. The first-order valence-electron chi connectivity index (χ1n) is 17.0. The van der Waals surface area contributed by atoms with Crippen LogP contribution in [-0.2, 0) is 0 Å². The Hall–Kier alpha value is -3.32. The maximum absolute atomic E-state index is 2.54. The first-order chi connectivity index (χ1) is 20.9. The Morgan fingerprint density at radius 1 is 0.884 bits per heavy atom. The molecular formula is C42H53N. The third-order valence-electron chi connectivity index (χ3n) is 9.58. The molecule has 0 aliphatic heterocycles. The molecule has 1 nitrogen and oxygen atoms in total. The third kappa shape index (κ3) is 7.61. The van der Waals surface area contributed by atoms with Crippen LogP contribution in [0.5, 0.6) is 0 Å². The van der Waals surface area contributed by atoms with Crippen molar-refractivity contribution < 1.29 is 0 Å². The Balaban J connectivity index is 1.45. The Morgan fingerprint density at radius 2 is 1.70 bits per heavy atom. The van der Waals surface area contributed by atoms with Crippen LogP contribution < -0.4 is 4.90 Å². The smallest absolute Gasteiger partial charge is 0.0417 e. The van der Waals surface area contributed by atoms with Crippen LogP contribution in [0.3, 0.4) is 0 Å². The summed E-state index contributed by atoms with van der Waals surface area (Å²) in [6.07, 6.45) is 34.8. The second-order valence-corrected chi connectivity index (χ2v) is 13.5. The van der Waals surface area contributed by atoms with Crippen LogP contribution in [0.25, 0.3) is 0 Å². The summed E-state index contributed by atoms with van der Waals surface area (Å²) in [5, 5.41) is 0. The van der Waals surface area contributed by atoms with Crippen molar-refractivity contribution in [1.82, 2.24) is 0 Å². The summed E-state index contributed by atoms with van der Waals surface area (Å²) < 4.78 is 0. The topological polar surface area (TPSA) is 3.24 Å². The molecule has 0 N–H and O–H groups in total. The number of nitrogens with zero attached hydrogens (tertiary/aromatic N) is 1. The highest BCUT2D eigenvalue weighted by molar-refractivity contribution is 5.58. The lowest BCUT2D eigenvalue weighted by Gasteiger charge is -2.32. The molecule has 1 heteroatoms. The summed E-state index contributed by atoms with van der Waals surface area (Å²) in [5.41, 5.74) is 15.2. The molecule has 0 saturated carbocycles. The van der Waals surface area contributed by atoms with Crippen molar-refractivity contribution in [2.24, 2.45) is 5.41 Å². The lowest BCUT2D eigenvalue weighted by atomic mass is 9.76. The van der Waals surface area contributed by atoms with Gasteiger partial charge in [-0.3, -0.25) is 0 Å². The number of hydrogen-bond donors (Lipinski definition) is 0. The number of rotatable bonds is 9. The first kappa shape index (κ1) is 31.1. The van der Waals surface area contributed by atoms with Crippen LogP contribution in [0.15, 0.2) is 135 Å². The second-order valence-electron chi connectivity index (χ2n) is 13.5. The Labute approximate surface area is 262 Å². The molecule has 1 aromatic carbocycles. The van der Waals surface area contributed by atoms with Crippen LogP contribution in [0.1, 0.15) is 105 Å². The maximum Gasteiger partial charge on any atom is 0.0417 e. The van der Waals surface area contributed by atoms with E-state index in [2.05, 4.69) is 125 Å². The summed E-state index contributed by atoms with van der Waals surface area (Å²) in [6, 6.07) is 11.0. The zero-order chi connectivity index (χ0) is 30.2. The van der Waals surface area contributed by atoms with Gasteiger partial charge in [-0.25, -0.2) is 0 Å². The summed E-state index contributed by atoms with van der Waals surface area (Å²) in [5.74, 6) is 0. The molecule has 0 radical (unpaired) electrons. The normalized spacial score (nSPS) is 20.3. The molecule has 0 bridgehead atoms. The fraction of sp³-hybridized carbons (Fsp3) is 0.429. The molecule has 226 valence electrons. The molecule has 0 fully saturated rings. The molecule has 1 aromatic rings. The molecule has 5 rings (SSSR count). The van der Waals surface area contributed by atoms with Gasteiger partial charge in [-0.2, -0.15) is 0 Å². The van der Waals surface area contributed by atoms with E-state index in [1.807, 2.05) is 0 Å². The molecule has 0 unspecified atom stereocenters. The van der Waals surface area contributed by atoms with Gasteiger partial charge in [-0.15, -0.1) is 0 Å². The summed E-state index contributed by atoms with van der Waals surface area (Å²) >= 11 is 0. The average molecular weight is 572 g/mol. The predicted molar refractivity (Wildman–Crippen MR) is 188 cm³/mol. The van der Waals surface area contributed by atoms with E-state index in [0.717, 1.165) is 45.1 Å². The minimum absolute atomic E-state index is 0.176. The van der Waals surface area contributed by atoms with Crippen molar-refractivity contribution in [3.63, 3.8) is 0 Å². The van der Waals surface area contributed by atoms with Gasteiger partial charge in [-0.05, 0) is 140 Å². The molecule has 4 aliphatic rings. The van der Waals surface area contributed by atoms with E-state index in [4.69, 9.17) is 0 Å². The van der Waals surface area contributed by atoms with E-state index >= 15 is 0 Å². The van der Waals surface area contributed by atoms with Crippen molar-refractivity contribution in [1.29, 1.82) is 0 Å². The molecule has 0 heterocycles. The molecule has 0 amide bonds. The van der Waals surface area contributed by atoms with Crippen molar-refractivity contribution in [2.75, 3.05) is 11.4 Å². The Bertz CT molecular complexity index is 1440. The standard InChI is InChI=1S/C42H53N/c1-6-16-33(35-18-15-19-36(31-35)39-22-12-11-17-32(39)7-2)29-30-43(37-20-9-8-10-21-37)38-27-25-34(26-28-38)40-23-13-14-24-41(40)42(3,4)5/h6,8-10,14,16,19-21,24-25,27,29,31H,7,11-13,15,17-18,22-23,26,28,30H2,1-5H3/b16-6-,33-29+. The van der Waals surface area contributed by atoms with Crippen LogP contribution in [0.2, 0.25) is 0 Å². The maximum atomic E-state index is 2.54. The van der Waals surface area contributed by atoms with Gasteiger partial charge < -0.3 is 4.90 Å². The van der Waals surface area contributed by atoms with Gasteiger partial charge >= 0.3 is 0 Å². The minimum Gasteiger partial charge on any atom is -0.341 e. The van der Waals surface area contributed by atoms with E-state index in [9.17, 15) is 0 Å². The number of anilines is 1. The van der Waals surface area contributed by atoms with Crippen molar-refractivity contribution in [2.45, 2.75) is 105 Å². The van der Waals surface area contributed by atoms with Gasteiger partial charge in [-0.1, -0.05) is 100 Å². The minimum atomic E-state index is 0.176.